The van der Waals surface area contributed by atoms with Crippen LogP contribution in [0.3, 0.4) is 0 Å². The average Bonchev–Trinajstić information content (AvgIpc) is 2.63. The molecule has 0 aliphatic heterocycles. The molecule has 0 unspecified atom stereocenters. The highest BCUT2D eigenvalue weighted by Crippen LogP contribution is 2.09. The van der Waals surface area contributed by atoms with Gasteiger partial charge in [-0.25, -0.2) is 0 Å². The molecule has 25 heavy (non-hydrogen) atoms. The Kier molecular flexibility index (Phi) is 19.2. The summed E-state index contributed by atoms with van der Waals surface area (Å²) in [5, 5.41) is 0. The van der Waals surface area contributed by atoms with Crippen molar-refractivity contribution in [3.63, 3.8) is 0 Å². The van der Waals surface area contributed by atoms with Crippen LogP contribution in [-0.4, -0.2) is 13.1 Å². The third-order valence-corrected chi connectivity index (χ3v) is 3.95. The maximum atomic E-state index is 11.0. The summed E-state index contributed by atoms with van der Waals surface area (Å²) in [4.78, 5) is 11.0. The molecule has 0 spiro atoms. The number of rotatable bonds is 16. The molecule has 0 saturated heterocycles. The molecule has 142 valence electrons. The van der Waals surface area contributed by atoms with E-state index in [-0.39, 0.29) is 5.97 Å². The summed E-state index contributed by atoms with van der Waals surface area (Å²) in [6, 6.07) is 0. The van der Waals surface area contributed by atoms with E-state index in [1.54, 1.807) is 0 Å². The quantitative estimate of drug-likeness (QED) is 0.169. The molecule has 0 rings (SSSR count). The Morgan fingerprint density at radius 2 is 1.16 bits per heavy atom. The number of esters is 1. The van der Waals surface area contributed by atoms with Crippen LogP contribution >= 0.6 is 0 Å². The van der Waals surface area contributed by atoms with Gasteiger partial charge < -0.3 is 4.74 Å². The zero-order chi connectivity index (χ0) is 18.4. The van der Waals surface area contributed by atoms with Crippen molar-refractivity contribution in [3.8, 4) is 0 Å². The third-order valence-electron chi connectivity index (χ3n) is 3.95. The average molecular weight is 347 g/mol. The molecule has 0 aromatic heterocycles. The molecule has 0 saturated carbocycles. The summed E-state index contributed by atoms with van der Waals surface area (Å²) in [5.74, 6) is -0.0839. The Balaban J connectivity index is 3.31. The van der Waals surface area contributed by atoms with Gasteiger partial charge in [0.05, 0.1) is 7.11 Å². The fraction of sp³-hybridized carbons (Fsp3) is 0.609. The fourth-order valence-corrected chi connectivity index (χ4v) is 2.44. The monoisotopic (exact) mass is 346 g/mol. The first-order chi connectivity index (χ1) is 12.3. The Hall–Kier alpha value is -1.57. The molecular weight excluding hydrogens is 308 g/mol. The van der Waals surface area contributed by atoms with Crippen molar-refractivity contribution in [1.82, 2.24) is 0 Å². The van der Waals surface area contributed by atoms with Crippen molar-refractivity contribution in [2.45, 2.75) is 84.0 Å². The lowest BCUT2D eigenvalue weighted by atomic mass is 10.1. The zero-order valence-electron chi connectivity index (χ0n) is 16.4. The van der Waals surface area contributed by atoms with Crippen LogP contribution in [0.5, 0.6) is 0 Å². The summed E-state index contributed by atoms with van der Waals surface area (Å²) in [5.41, 5.74) is 0. The maximum Gasteiger partial charge on any atom is 0.305 e. The van der Waals surface area contributed by atoms with Gasteiger partial charge in [-0.15, -0.1) is 0 Å². The van der Waals surface area contributed by atoms with E-state index >= 15 is 0 Å². The number of unbranched alkanes of at least 4 members (excludes halogenated alkanes) is 6. The summed E-state index contributed by atoms with van der Waals surface area (Å²) in [6.07, 6.45) is 31.1. The van der Waals surface area contributed by atoms with Crippen LogP contribution in [0.2, 0.25) is 0 Å². The van der Waals surface area contributed by atoms with Crippen LogP contribution in [0.4, 0.5) is 0 Å². The van der Waals surface area contributed by atoms with Crippen molar-refractivity contribution < 1.29 is 9.53 Å². The van der Waals surface area contributed by atoms with Crippen molar-refractivity contribution in [3.05, 3.63) is 48.6 Å². The normalized spacial score (nSPS) is 12.2. The second-order valence-electron chi connectivity index (χ2n) is 6.24. The van der Waals surface area contributed by atoms with Gasteiger partial charge in [0.15, 0.2) is 0 Å². The smallest absolute Gasteiger partial charge is 0.305 e. The number of hydrogen-bond acceptors (Lipinski definition) is 2. The lowest BCUT2D eigenvalue weighted by molar-refractivity contribution is -0.140. The van der Waals surface area contributed by atoms with Crippen molar-refractivity contribution in [2.75, 3.05) is 7.11 Å². The summed E-state index contributed by atoms with van der Waals surface area (Å²) in [7, 11) is 1.45. The highest BCUT2D eigenvalue weighted by Gasteiger charge is 1.98. The minimum atomic E-state index is -0.0839. The molecule has 0 heterocycles. The van der Waals surface area contributed by atoms with E-state index in [4.69, 9.17) is 0 Å². The second kappa shape index (κ2) is 20.5. The Morgan fingerprint density at radius 1 is 0.680 bits per heavy atom. The molecule has 0 amide bonds. The van der Waals surface area contributed by atoms with Gasteiger partial charge in [0.25, 0.3) is 0 Å². The van der Waals surface area contributed by atoms with Crippen LogP contribution in [0.1, 0.15) is 84.0 Å². The molecule has 0 fully saturated rings. The standard InChI is InChI=1S/C23H38O2/c1-3-4-5-6-7-8-9-10-11-12-13-14-15-16-17-18-19-20-21-22-23(24)25-2/h4-5,7-8,10-11,13-14H,3,6,9,12,15-22H2,1-2H3/b5-4+,8-7+,11-10+,14-13+. The Labute approximate surface area is 155 Å². The number of methoxy groups -OCH3 is 1. The molecule has 0 aromatic rings. The van der Waals surface area contributed by atoms with Gasteiger partial charge >= 0.3 is 5.97 Å². The first-order valence-corrected chi connectivity index (χ1v) is 9.98. The SMILES string of the molecule is CC/C=C/C/C=C/C/C=C/C/C=C/CCCCCCCCC(=O)OC. The highest BCUT2D eigenvalue weighted by atomic mass is 16.5. The zero-order valence-corrected chi connectivity index (χ0v) is 16.4. The van der Waals surface area contributed by atoms with E-state index in [1.807, 2.05) is 0 Å². The van der Waals surface area contributed by atoms with Gasteiger partial charge in [-0.3, -0.25) is 4.79 Å². The van der Waals surface area contributed by atoms with Crippen molar-refractivity contribution in [2.24, 2.45) is 0 Å². The summed E-state index contributed by atoms with van der Waals surface area (Å²) >= 11 is 0. The fourth-order valence-electron chi connectivity index (χ4n) is 2.44. The molecule has 0 radical (unpaired) electrons. The van der Waals surface area contributed by atoms with E-state index < -0.39 is 0 Å². The number of ether oxygens (including phenoxy) is 1. The molecule has 0 atom stereocenters. The summed E-state index contributed by atoms with van der Waals surface area (Å²) < 4.78 is 4.63. The van der Waals surface area contributed by atoms with Gasteiger partial charge in [-0.05, 0) is 44.9 Å². The van der Waals surface area contributed by atoms with Gasteiger partial charge in [0, 0.05) is 6.42 Å². The molecule has 2 heteroatoms. The van der Waals surface area contributed by atoms with Crippen molar-refractivity contribution >= 4 is 5.97 Å². The highest BCUT2D eigenvalue weighted by molar-refractivity contribution is 5.68. The van der Waals surface area contributed by atoms with Gasteiger partial charge in [0.1, 0.15) is 0 Å². The molecular formula is C23H38O2. The maximum absolute atomic E-state index is 11.0. The molecule has 0 N–H and O–H groups in total. The van der Waals surface area contributed by atoms with Crippen molar-refractivity contribution in [1.29, 1.82) is 0 Å². The third kappa shape index (κ3) is 20.4. The van der Waals surface area contributed by atoms with Crippen LogP contribution < -0.4 is 0 Å². The van der Waals surface area contributed by atoms with E-state index in [2.05, 4.69) is 60.3 Å². The number of carbonyl (C=O) groups is 1. The van der Waals surface area contributed by atoms with E-state index in [9.17, 15) is 4.79 Å². The molecule has 0 aromatic carbocycles. The number of hydrogen-bond donors (Lipinski definition) is 0. The van der Waals surface area contributed by atoms with Crippen LogP contribution in [-0.2, 0) is 9.53 Å². The predicted molar refractivity (Wildman–Crippen MR) is 110 cm³/mol. The largest absolute Gasteiger partial charge is 0.469 e. The topological polar surface area (TPSA) is 26.3 Å². The van der Waals surface area contributed by atoms with Gasteiger partial charge in [-0.2, -0.15) is 0 Å². The lowest BCUT2D eigenvalue weighted by Gasteiger charge is -2.00. The number of allylic oxidation sites excluding steroid dienone is 8. The molecule has 0 bridgehead atoms. The minimum Gasteiger partial charge on any atom is -0.469 e. The van der Waals surface area contributed by atoms with Gasteiger partial charge in [0.2, 0.25) is 0 Å². The molecule has 2 nitrogen and oxygen atoms in total. The van der Waals surface area contributed by atoms with Crippen LogP contribution in [0, 0.1) is 0 Å². The first-order valence-electron chi connectivity index (χ1n) is 9.98. The molecule has 0 aliphatic carbocycles. The lowest BCUT2D eigenvalue weighted by Crippen LogP contribution is -1.99. The van der Waals surface area contributed by atoms with E-state index in [1.165, 1.54) is 39.2 Å². The van der Waals surface area contributed by atoms with Crippen LogP contribution in [0.25, 0.3) is 0 Å². The Bertz CT molecular complexity index is 402. The van der Waals surface area contributed by atoms with E-state index in [0.29, 0.717) is 6.42 Å². The predicted octanol–water partition coefficient (Wildman–Crippen LogP) is 7.09. The minimum absolute atomic E-state index is 0.0839. The van der Waals surface area contributed by atoms with Crippen LogP contribution in [0.15, 0.2) is 48.6 Å². The van der Waals surface area contributed by atoms with E-state index in [0.717, 1.165) is 38.5 Å². The van der Waals surface area contributed by atoms with Gasteiger partial charge in [-0.1, -0.05) is 81.2 Å². The Morgan fingerprint density at radius 3 is 1.72 bits per heavy atom. The summed E-state index contributed by atoms with van der Waals surface area (Å²) in [6.45, 7) is 2.16. The first kappa shape index (κ1) is 23.4. The molecule has 0 aliphatic rings. The number of carbonyl (C=O) groups excluding carboxylic acids is 1. The second-order valence-corrected chi connectivity index (χ2v) is 6.24.